The second-order valence-corrected chi connectivity index (χ2v) is 8.09. The number of aliphatic hydroxyl groups is 1. The maximum Gasteiger partial charge on any atom is 0.191 e. The fourth-order valence-electron chi connectivity index (χ4n) is 2.87. The van der Waals surface area contributed by atoms with Crippen LogP contribution in [0, 0.1) is 0 Å². The van der Waals surface area contributed by atoms with E-state index in [1.54, 1.807) is 0 Å². The molecule has 0 radical (unpaired) electrons. The first-order valence-electron chi connectivity index (χ1n) is 8.60. The van der Waals surface area contributed by atoms with Crippen molar-refractivity contribution in [1.29, 1.82) is 0 Å². The van der Waals surface area contributed by atoms with E-state index in [0.29, 0.717) is 6.54 Å². The van der Waals surface area contributed by atoms with Crippen molar-refractivity contribution in [3.63, 3.8) is 0 Å². The van der Waals surface area contributed by atoms with Crippen molar-refractivity contribution in [2.45, 2.75) is 38.3 Å². The number of thioether (sulfide) groups is 1. The standard InChI is InChI=1S/C16H32N4O2S/c1-4-17-14(19-12-16(21)5-10-23-13-16)18-11-15(2,3)20-6-8-22-9-7-20/h21H,4-13H2,1-3H3,(H2,17,18,19). The number of rotatable bonds is 6. The first kappa shape index (κ1) is 18.8. The first-order valence-corrected chi connectivity index (χ1v) is 9.76. The van der Waals surface area contributed by atoms with Gasteiger partial charge >= 0.3 is 0 Å². The van der Waals surface area contributed by atoms with Crippen LogP contribution in [-0.2, 0) is 4.74 Å². The van der Waals surface area contributed by atoms with Gasteiger partial charge < -0.3 is 20.5 Å². The van der Waals surface area contributed by atoms with Crippen molar-refractivity contribution >= 4 is 17.7 Å². The molecule has 2 aliphatic rings. The summed E-state index contributed by atoms with van der Waals surface area (Å²) >= 11 is 1.81. The third kappa shape index (κ3) is 5.81. The van der Waals surface area contributed by atoms with Crippen LogP contribution in [0.1, 0.15) is 27.2 Å². The molecule has 0 spiro atoms. The minimum Gasteiger partial charge on any atom is -0.387 e. The first-order chi connectivity index (χ1) is 11.0. The van der Waals surface area contributed by atoms with Crippen LogP contribution in [0.25, 0.3) is 0 Å². The largest absolute Gasteiger partial charge is 0.387 e. The lowest BCUT2D eigenvalue weighted by Crippen LogP contribution is -2.52. The average Bonchev–Trinajstić information content (AvgIpc) is 2.98. The number of aliphatic imine (C=N–C) groups is 1. The second kappa shape index (κ2) is 8.55. The minimum absolute atomic E-state index is 0.00619. The lowest BCUT2D eigenvalue weighted by atomic mass is 10.0. The van der Waals surface area contributed by atoms with Crippen LogP contribution >= 0.6 is 11.8 Å². The van der Waals surface area contributed by atoms with Crippen LogP contribution < -0.4 is 10.6 Å². The van der Waals surface area contributed by atoms with Gasteiger partial charge in [0.1, 0.15) is 0 Å². The van der Waals surface area contributed by atoms with Crippen molar-refractivity contribution in [3.05, 3.63) is 0 Å². The third-order valence-electron chi connectivity index (χ3n) is 4.50. The van der Waals surface area contributed by atoms with Gasteiger partial charge in [-0.05, 0) is 32.9 Å². The van der Waals surface area contributed by atoms with E-state index in [9.17, 15) is 5.11 Å². The van der Waals surface area contributed by atoms with Gasteiger partial charge in [-0.15, -0.1) is 0 Å². The Hall–Kier alpha value is -0.500. The average molecular weight is 345 g/mol. The monoisotopic (exact) mass is 344 g/mol. The summed E-state index contributed by atoms with van der Waals surface area (Å²) in [5, 5.41) is 17.0. The van der Waals surface area contributed by atoms with Gasteiger partial charge in [0.2, 0.25) is 0 Å². The lowest BCUT2D eigenvalue weighted by molar-refractivity contribution is -0.00685. The van der Waals surface area contributed by atoms with E-state index in [4.69, 9.17) is 9.73 Å². The molecule has 0 bridgehead atoms. The summed E-state index contributed by atoms with van der Waals surface area (Å²) in [5.41, 5.74) is -0.590. The summed E-state index contributed by atoms with van der Waals surface area (Å²) in [7, 11) is 0. The molecule has 2 fully saturated rings. The van der Waals surface area contributed by atoms with Gasteiger partial charge in [0.25, 0.3) is 0 Å². The van der Waals surface area contributed by atoms with Crippen molar-refractivity contribution in [2.75, 3.05) is 57.4 Å². The molecule has 0 amide bonds. The fraction of sp³-hybridized carbons (Fsp3) is 0.938. The molecule has 7 heteroatoms. The molecule has 0 aromatic heterocycles. The summed E-state index contributed by atoms with van der Waals surface area (Å²) in [5.74, 6) is 2.63. The van der Waals surface area contributed by atoms with Gasteiger partial charge in [0.05, 0.1) is 25.4 Å². The molecule has 2 rings (SSSR count). The predicted octanol–water partition coefficient (Wildman–Crippen LogP) is 0.520. The number of nitrogens with one attached hydrogen (secondary N) is 2. The highest BCUT2D eigenvalue weighted by molar-refractivity contribution is 7.99. The van der Waals surface area contributed by atoms with Gasteiger partial charge in [0, 0.05) is 37.5 Å². The lowest BCUT2D eigenvalue weighted by Gasteiger charge is -2.40. The van der Waals surface area contributed by atoms with Crippen molar-refractivity contribution < 1.29 is 9.84 Å². The molecule has 134 valence electrons. The Morgan fingerprint density at radius 3 is 2.70 bits per heavy atom. The molecule has 23 heavy (non-hydrogen) atoms. The zero-order chi connectivity index (χ0) is 16.8. The minimum atomic E-state index is -0.597. The normalized spacial score (nSPS) is 27.2. The number of guanidine groups is 1. The van der Waals surface area contributed by atoms with E-state index in [2.05, 4.69) is 36.3 Å². The number of morpholine rings is 1. The van der Waals surface area contributed by atoms with Crippen molar-refractivity contribution in [1.82, 2.24) is 15.5 Å². The van der Waals surface area contributed by atoms with E-state index < -0.39 is 5.60 Å². The molecule has 2 saturated heterocycles. The Balaban J connectivity index is 1.88. The SMILES string of the molecule is CCNC(=NCC(C)(C)N1CCOCC1)NCC1(O)CCSC1. The highest BCUT2D eigenvalue weighted by atomic mass is 32.2. The maximum absolute atomic E-state index is 10.5. The van der Waals surface area contributed by atoms with E-state index in [0.717, 1.165) is 63.3 Å². The third-order valence-corrected chi connectivity index (χ3v) is 5.74. The number of hydrogen-bond donors (Lipinski definition) is 3. The van der Waals surface area contributed by atoms with E-state index in [-0.39, 0.29) is 5.54 Å². The summed E-state index contributed by atoms with van der Waals surface area (Å²) < 4.78 is 5.43. The van der Waals surface area contributed by atoms with Gasteiger partial charge in [0.15, 0.2) is 5.96 Å². The Bertz CT molecular complexity index is 392. The zero-order valence-corrected chi connectivity index (χ0v) is 15.5. The summed E-state index contributed by atoms with van der Waals surface area (Å²) in [6.45, 7) is 12.1. The number of ether oxygens (including phenoxy) is 1. The van der Waals surface area contributed by atoms with Crippen LogP contribution in [0.4, 0.5) is 0 Å². The Kier molecular flexibility index (Phi) is 7.00. The van der Waals surface area contributed by atoms with Gasteiger partial charge in [-0.2, -0.15) is 11.8 Å². The smallest absolute Gasteiger partial charge is 0.191 e. The summed E-state index contributed by atoms with van der Waals surface area (Å²) in [4.78, 5) is 7.18. The quantitative estimate of drug-likeness (QED) is 0.482. The number of nitrogens with zero attached hydrogens (tertiary/aromatic N) is 2. The number of hydrogen-bond acceptors (Lipinski definition) is 5. The molecule has 0 aromatic rings. The van der Waals surface area contributed by atoms with E-state index in [1.807, 2.05) is 11.8 Å². The van der Waals surface area contributed by atoms with Gasteiger partial charge in [-0.3, -0.25) is 9.89 Å². The second-order valence-electron chi connectivity index (χ2n) is 6.99. The van der Waals surface area contributed by atoms with Crippen LogP contribution in [0.15, 0.2) is 4.99 Å². The zero-order valence-electron chi connectivity index (χ0n) is 14.7. The summed E-state index contributed by atoms with van der Waals surface area (Å²) in [6.07, 6.45) is 0.851. The fourth-order valence-corrected chi connectivity index (χ4v) is 4.16. The Labute approximate surface area is 144 Å². The molecule has 0 saturated carbocycles. The van der Waals surface area contributed by atoms with Gasteiger partial charge in [-0.1, -0.05) is 0 Å². The Morgan fingerprint density at radius 1 is 1.35 bits per heavy atom. The maximum atomic E-state index is 10.5. The molecule has 0 aliphatic carbocycles. The van der Waals surface area contributed by atoms with Crippen molar-refractivity contribution in [3.8, 4) is 0 Å². The highest BCUT2D eigenvalue weighted by Gasteiger charge is 2.32. The van der Waals surface area contributed by atoms with Crippen molar-refractivity contribution in [2.24, 2.45) is 4.99 Å². The molecular formula is C16H32N4O2S. The Morgan fingerprint density at radius 2 is 2.09 bits per heavy atom. The molecule has 3 N–H and O–H groups in total. The molecule has 0 aromatic carbocycles. The predicted molar refractivity (Wildman–Crippen MR) is 97.3 cm³/mol. The highest BCUT2D eigenvalue weighted by Crippen LogP contribution is 2.26. The van der Waals surface area contributed by atoms with Crippen LogP contribution in [0.3, 0.4) is 0 Å². The van der Waals surface area contributed by atoms with Crippen LogP contribution in [0.2, 0.25) is 0 Å². The van der Waals surface area contributed by atoms with Crippen LogP contribution in [-0.4, -0.2) is 84.5 Å². The van der Waals surface area contributed by atoms with Gasteiger partial charge in [-0.25, -0.2) is 0 Å². The molecular weight excluding hydrogens is 312 g/mol. The van der Waals surface area contributed by atoms with Crippen LogP contribution in [0.5, 0.6) is 0 Å². The molecule has 6 nitrogen and oxygen atoms in total. The topological polar surface area (TPSA) is 69.1 Å². The molecule has 2 heterocycles. The molecule has 1 atom stereocenters. The molecule has 2 aliphatic heterocycles. The van der Waals surface area contributed by atoms with E-state index >= 15 is 0 Å². The summed E-state index contributed by atoms with van der Waals surface area (Å²) in [6, 6.07) is 0. The van der Waals surface area contributed by atoms with E-state index in [1.165, 1.54) is 0 Å². The molecule has 1 unspecified atom stereocenters.